The van der Waals surface area contributed by atoms with E-state index in [0.29, 0.717) is 10.8 Å². The van der Waals surface area contributed by atoms with E-state index in [4.69, 9.17) is 16.6 Å². The van der Waals surface area contributed by atoms with E-state index in [1.165, 1.54) is 26.5 Å². The van der Waals surface area contributed by atoms with Crippen LogP contribution >= 0.6 is 45.6 Å². The Morgan fingerprint density at radius 2 is 2.06 bits per heavy atom. The van der Waals surface area contributed by atoms with Crippen LogP contribution in [0.1, 0.15) is 28.7 Å². The summed E-state index contributed by atoms with van der Waals surface area (Å²) in [6.45, 7) is 5.33. The first-order chi connectivity index (χ1) is 15.1. The smallest absolute Gasteiger partial charge is 0.230 e. The van der Waals surface area contributed by atoms with Crippen LogP contribution in [-0.4, -0.2) is 28.9 Å². The lowest BCUT2D eigenvalue weighted by atomic mass is 10.0. The third-order valence-electron chi connectivity index (χ3n) is 5.40. The predicted molar refractivity (Wildman–Crippen MR) is 134 cm³/mol. The summed E-state index contributed by atoms with van der Waals surface area (Å²) in [5, 5.41) is 5.13. The van der Waals surface area contributed by atoms with Gasteiger partial charge in [0.2, 0.25) is 5.91 Å². The van der Waals surface area contributed by atoms with Gasteiger partial charge in [0.05, 0.1) is 21.0 Å². The molecule has 5 rings (SSSR count). The van der Waals surface area contributed by atoms with Crippen molar-refractivity contribution in [2.45, 2.75) is 32.7 Å². The van der Waals surface area contributed by atoms with E-state index >= 15 is 0 Å². The van der Waals surface area contributed by atoms with Crippen molar-refractivity contribution >= 4 is 66.7 Å². The number of fused-ring (bicyclic) bond motifs is 2. The second kappa shape index (κ2) is 9.00. The number of thiazole rings is 1. The average Bonchev–Trinajstić information content (AvgIpc) is 3.43. The van der Waals surface area contributed by atoms with Gasteiger partial charge in [-0.3, -0.25) is 9.69 Å². The van der Waals surface area contributed by atoms with Gasteiger partial charge < -0.3 is 5.32 Å². The summed E-state index contributed by atoms with van der Waals surface area (Å²) in [5.41, 5.74) is 3.48. The van der Waals surface area contributed by atoms with E-state index in [0.717, 1.165) is 58.4 Å². The van der Waals surface area contributed by atoms with E-state index in [9.17, 15) is 4.79 Å². The topological polar surface area (TPSA) is 45.2 Å². The van der Waals surface area contributed by atoms with Gasteiger partial charge in [-0.1, -0.05) is 30.7 Å². The van der Waals surface area contributed by atoms with Gasteiger partial charge in [0.15, 0.2) is 0 Å². The molecule has 0 saturated carbocycles. The van der Waals surface area contributed by atoms with Crippen molar-refractivity contribution in [2.24, 2.45) is 0 Å². The highest BCUT2D eigenvalue weighted by molar-refractivity contribution is 7.23. The van der Waals surface area contributed by atoms with Gasteiger partial charge in [-0.25, -0.2) is 4.98 Å². The van der Waals surface area contributed by atoms with Crippen molar-refractivity contribution in [3.05, 3.63) is 56.1 Å². The fraction of sp³-hybridized carbons (Fsp3) is 0.304. The van der Waals surface area contributed by atoms with Gasteiger partial charge in [-0.2, -0.15) is 0 Å². The van der Waals surface area contributed by atoms with Crippen LogP contribution in [0.15, 0.2) is 36.4 Å². The minimum Gasteiger partial charge on any atom is -0.317 e. The van der Waals surface area contributed by atoms with Crippen molar-refractivity contribution in [1.82, 2.24) is 9.88 Å². The molecule has 160 valence electrons. The molecule has 1 aromatic carbocycles. The molecule has 3 aromatic heterocycles. The Morgan fingerprint density at radius 3 is 2.84 bits per heavy atom. The molecule has 0 spiro atoms. The van der Waals surface area contributed by atoms with Crippen LogP contribution < -0.4 is 5.32 Å². The van der Waals surface area contributed by atoms with Gasteiger partial charge in [0.25, 0.3) is 0 Å². The number of anilines is 1. The summed E-state index contributed by atoms with van der Waals surface area (Å²) < 4.78 is 1.88. The van der Waals surface area contributed by atoms with Crippen molar-refractivity contribution < 1.29 is 4.79 Å². The molecule has 31 heavy (non-hydrogen) atoms. The van der Waals surface area contributed by atoms with E-state index in [1.807, 2.05) is 24.3 Å². The fourth-order valence-electron chi connectivity index (χ4n) is 4.03. The number of carbonyl (C=O) groups excluding carboxylic acids is 1. The highest BCUT2D eigenvalue weighted by atomic mass is 35.5. The van der Waals surface area contributed by atoms with E-state index < -0.39 is 0 Å². The molecule has 0 bridgehead atoms. The number of benzene rings is 1. The molecule has 4 nitrogen and oxygen atoms in total. The maximum Gasteiger partial charge on any atom is 0.230 e. The lowest BCUT2D eigenvalue weighted by Crippen LogP contribution is -2.30. The predicted octanol–water partition coefficient (Wildman–Crippen LogP) is 6.69. The Morgan fingerprint density at radius 1 is 1.19 bits per heavy atom. The summed E-state index contributed by atoms with van der Waals surface area (Å²) in [6.07, 6.45) is 2.48. The highest BCUT2D eigenvalue weighted by Gasteiger charge is 2.27. The molecule has 1 aliphatic rings. The Balaban J connectivity index is 1.50. The molecule has 4 heterocycles. The van der Waals surface area contributed by atoms with Gasteiger partial charge in [0.1, 0.15) is 10.0 Å². The zero-order valence-electron chi connectivity index (χ0n) is 17.1. The number of hydrogen-bond donors (Lipinski definition) is 1. The molecular weight excluding hydrogens is 466 g/mol. The number of carbonyl (C=O) groups is 1. The zero-order chi connectivity index (χ0) is 21.4. The van der Waals surface area contributed by atoms with E-state index in [-0.39, 0.29) is 5.91 Å². The van der Waals surface area contributed by atoms with Crippen LogP contribution in [0.3, 0.4) is 0 Å². The Kier molecular flexibility index (Phi) is 6.12. The summed E-state index contributed by atoms with van der Waals surface area (Å²) in [6, 6.07) is 12.0. The quantitative estimate of drug-likeness (QED) is 0.329. The SMILES string of the molecule is CCCN1CCc2c(sc(NC(=O)Cc3ccc(Cl)s3)c2-c2nc3ccccc3s2)C1. The molecule has 0 radical (unpaired) electrons. The van der Waals surface area contributed by atoms with Crippen molar-refractivity contribution in [3.8, 4) is 10.6 Å². The average molecular weight is 488 g/mol. The second-order valence-corrected chi connectivity index (χ2v) is 11.6. The maximum atomic E-state index is 12.9. The molecule has 0 saturated heterocycles. The van der Waals surface area contributed by atoms with E-state index in [2.05, 4.69) is 29.3 Å². The fourth-order valence-corrected chi connectivity index (χ4v) is 7.54. The number of halogens is 1. The molecule has 0 fully saturated rings. The normalized spacial score (nSPS) is 14.1. The first-order valence-electron chi connectivity index (χ1n) is 10.4. The highest BCUT2D eigenvalue weighted by Crippen LogP contribution is 2.45. The summed E-state index contributed by atoms with van der Waals surface area (Å²) in [7, 11) is 0. The monoisotopic (exact) mass is 487 g/mol. The number of aromatic nitrogens is 1. The summed E-state index contributed by atoms with van der Waals surface area (Å²) in [5.74, 6) is -0.00936. The number of para-hydroxylation sites is 1. The van der Waals surface area contributed by atoms with Gasteiger partial charge in [-0.05, 0) is 49.2 Å². The largest absolute Gasteiger partial charge is 0.317 e. The number of nitrogens with zero attached hydrogens (tertiary/aromatic N) is 2. The Hall–Kier alpha value is -1.77. The van der Waals surface area contributed by atoms with Gasteiger partial charge in [-0.15, -0.1) is 34.0 Å². The molecule has 8 heteroatoms. The lowest BCUT2D eigenvalue weighted by Gasteiger charge is -2.26. The zero-order valence-corrected chi connectivity index (χ0v) is 20.3. The molecule has 4 aromatic rings. The van der Waals surface area contributed by atoms with Crippen LogP contribution in [0.5, 0.6) is 0 Å². The molecule has 0 unspecified atom stereocenters. The Labute approximate surface area is 198 Å². The molecule has 1 N–H and O–H groups in total. The van der Waals surface area contributed by atoms with Crippen molar-refractivity contribution in [2.75, 3.05) is 18.4 Å². The summed E-state index contributed by atoms with van der Waals surface area (Å²) in [4.78, 5) is 22.6. The third-order valence-corrected chi connectivity index (χ3v) is 8.82. The number of thiophene rings is 2. The van der Waals surface area contributed by atoms with Crippen LogP contribution in [0, 0.1) is 0 Å². The number of rotatable bonds is 6. The van der Waals surface area contributed by atoms with Gasteiger partial charge >= 0.3 is 0 Å². The number of hydrogen-bond acceptors (Lipinski definition) is 6. The van der Waals surface area contributed by atoms with Crippen molar-refractivity contribution in [3.63, 3.8) is 0 Å². The number of amides is 1. The first-order valence-corrected chi connectivity index (χ1v) is 13.2. The Bertz CT molecular complexity index is 1210. The first kappa shape index (κ1) is 21.1. The standard InChI is InChI=1S/C23H22ClN3OS3/c1-2-10-27-11-9-15-18(13-27)31-23(26-20(28)12-14-7-8-19(24)29-14)21(15)22-25-16-5-3-4-6-17(16)30-22/h3-8H,2,9-13H2,1H3,(H,26,28). The molecule has 0 aliphatic carbocycles. The summed E-state index contributed by atoms with van der Waals surface area (Å²) >= 11 is 10.9. The van der Waals surface area contributed by atoms with E-state index in [1.54, 1.807) is 22.7 Å². The molecular formula is C23H22ClN3OS3. The number of nitrogens with one attached hydrogen (secondary N) is 1. The van der Waals surface area contributed by atoms with Crippen LogP contribution in [0.4, 0.5) is 5.00 Å². The minimum atomic E-state index is -0.00936. The molecule has 1 aliphatic heterocycles. The third kappa shape index (κ3) is 4.43. The molecule has 1 amide bonds. The van der Waals surface area contributed by atoms with Crippen LogP contribution in [-0.2, 0) is 24.2 Å². The molecule has 0 atom stereocenters. The second-order valence-electron chi connectivity index (χ2n) is 7.65. The van der Waals surface area contributed by atoms with Gasteiger partial charge in [0, 0.05) is 28.4 Å². The van der Waals surface area contributed by atoms with Crippen LogP contribution in [0.25, 0.3) is 20.8 Å². The van der Waals surface area contributed by atoms with Crippen molar-refractivity contribution in [1.29, 1.82) is 0 Å². The van der Waals surface area contributed by atoms with Crippen LogP contribution in [0.2, 0.25) is 4.34 Å². The minimum absolute atomic E-state index is 0.00936. The lowest BCUT2D eigenvalue weighted by molar-refractivity contribution is -0.115. The maximum absolute atomic E-state index is 12.9.